The number of oxime groups is 1. The van der Waals surface area contributed by atoms with E-state index in [4.69, 9.17) is 14.3 Å². The normalized spacial score (nSPS) is 12.0. The molecule has 0 aliphatic carbocycles. The van der Waals surface area contributed by atoms with Gasteiger partial charge in [-0.3, -0.25) is 0 Å². The Bertz CT molecular complexity index is 984. The van der Waals surface area contributed by atoms with E-state index in [0.717, 1.165) is 10.7 Å². The number of ether oxygens (including phenoxy) is 2. The van der Waals surface area contributed by atoms with E-state index >= 15 is 0 Å². The molecule has 0 amide bonds. The minimum absolute atomic E-state index is 0.0319. The van der Waals surface area contributed by atoms with E-state index in [1.807, 2.05) is 30.3 Å². The molecule has 0 atom stereocenters. The molecular formula is C21H20F3N3O3. The largest absolute Gasteiger partial charge is 0.471 e. The summed E-state index contributed by atoms with van der Waals surface area (Å²) < 4.78 is 50.7. The van der Waals surface area contributed by atoms with Crippen molar-refractivity contribution in [3.05, 3.63) is 71.9 Å². The number of nitrogens with zero attached hydrogens (tertiary/aromatic N) is 3. The van der Waals surface area contributed by atoms with Crippen LogP contribution < -0.4 is 9.47 Å². The topological polar surface area (TPSA) is 57.9 Å². The predicted octanol–water partition coefficient (Wildman–Crippen LogP) is 5.05. The molecule has 1 heterocycles. The van der Waals surface area contributed by atoms with Gasteiger partial charge in [0.1, 0.15) is 30.4 Å². The lowest BCUT2D eigenvalue weighted by molar-refractivity contribution is -0.141. The number of aryl methyl sites for hydroxylation is 1. The summed E-state index contributed by atoms with van der Waals surface area (Å²) in [6.45, 7) is 2.01. The number of rotatable bonds is 8. The molecule has 0 N–H and O–H groups in total. The van der Waals surface area contributed by atoms with Crippen LogP contribution in [0.3, 0.4) is 0 Å². The third-order valence-electron chi connectivity index (χ3n) is 3.95. The van der Waals surface area contributed by atoms with Crippen LogP contribution in [0.25, 0.3) is 0 Å². The highest BCUT2D eigenvalue weighted by atomic mass is 19.4. The predicted molar refractivity (Wildman–Crippen MR) is 105 cm³/mol. The molecule has 0 radical (unpaired) electrons. The number of aromatic nitrogens is 2. The third kappa shape index (κ3) is 5.53. The van der Waals surface area contributed by atoms with Crippen molar-refractivity contribution in [3.63, 3.8) is 0 Å². The summed E-state index contributed by atoms with van der Waals surface area (Å²) in [5.74, 6) is 1.30. The van der Waals surface area contributed by atoms with Gasteiger partial charge in [-0.25, -0.2) is 4.68 Å². The molecular weight excluding hydrogens is 399 g/mol. The zero-order chi connectivity index (χ0) is 21.6. The number of hydrogen-bond acceptors (Lipinski definition) is 5. The fourth-order valence-corrected chi connectivity index (χ4v) is 2.51. The molecule has 0 aliphatic rings. The van der Waals surface area contributed by atoms with Gasteiger partial charge in [0.2, 0.25) is 5.88 Å². The minimum atomic E-state index is -4.55. The molecule has 0 fully saturated rings. The SMILES string of the molecule is CCON=C(COc1cc(C(F)(F)F)nn1C)c1ccc(Oc2ccccc2)cc1. The van der Waals surface area contributed by atoms with Gasteiger partial charge >= 0.3 is 6.18 Å². The molecule has 0 spiro atoms. The van der Waals surface area contributed by atoms with Crippen LogP contribution in [-0.2, 0) is 18.1 Å². The molecule has 158 valence electrons. The maximum Gasteiger partial charge on any atom is 0.435 e. The third-order valence-corrected chi connectivity index (χ3v) is 3.95. The molecule has 6 nitrogen and oxygen atoms in total. The van der Waals surface area contributed by atoms with E-state index in [1.54, 1.807) is 31.2 Å². The first kappa shape index (κ1) is 21.2. The standard InChI is InChI=1S/C21H20F3N3O3/c1-3-29-26-18(14-28-20-13-19(21(22,23)24)25-27(20)2)15-9-11-17(12-10-15)30-16-7-5-4-6-8-16/h4-13H,3,14H2,1-2H3. The minimum Gasteiger partial charge on any atom is -0.471 e. The van der Waals surface area contributed by atoms with E-state index in [2.05, 4.69) is 10.3 Å². The van der Waals surface area contributed by atoms with Crippen LogP contribution in [0.2, 0.25) is 0 Å². The lowest BCUT2D eigenvalue weighted by Gasteiger charge is -2.10. The Hall–Kier alpha value is -3.49. The van der Waals surface area contributed by atoms with Crippen LogP contribution in [0.4, 0.5) is 13.2 Å². The molecule has 3 rings (SSSR count). The Balaban J connectivity index is 1.72. The first-order valence-corrected chi connectivity index (χ1v) is 9.13. The summed E-state index contributed by atoms with van der Waals surface area (Å²) in [6, 6.07) is 17.2. The quantitative estimate of drug-likeness (QED) is 0.379. The van der Waals surface area contributed by atoms with Gasteiger partial charge in [0.15, 0.2) is 5.69 Å². The maximum absolute atomic E-state index is 12.8. The van der Waals surface area contributed by atoms with Crippen LogP contribution in [-0.4, -0.2) is 28.7 Å². The molecule has 0 saturated heterocycles. The van der Waals surface area contributed by atoms with Gasteiger partial charge in [0.05, 0.1) is 0 Å². The van der Waals surface area contributed by atoms with Crippen molar-refractivity contribution in [3.8, 4) is 17.4 Å². The van der Waals surface area contributed by atoms with Crippen molar-refractivity contribution in [1.82, 2.24) is 9.78 Å². The van der Waals surface area contributed by atoms with Gasteiger partial charge < -0.3 is 14.3 Å². The van der Waals surface area contributed by atoms with Crippen molar-refractivity contribution in [2.75, 3.05) is 13.2 Å². The van der Waals surface area contributed by atoms with E-state index in [0.29, 0.717) is 29.4 Å². The smallest absolute Gasteiger partial charge is 0.435 e. The first-order valence-electron chi connectivity index (χ1n) is 9.13. The van der Waals surface area contributed by atoms with Crippen LogP contribution >= 0.6 is 0 Å². The Kier molecular flexibility index (Phi) is 6.61. The number of para-hydroxylation sites is 1. The zero-order valence-corrected chi connectivity index (χ0v) is 16.4. The van der Waals surface area contributed by atoms with Gasteiger partial charge in [0, 0.05) is 18.7 Å². The van der Waals surface area contributed by atoms with Crippen molar-refractivity contribution in [2.24, 2.45) is 12.2 Å². The Morgan fingerprint density at radius 1 is 1.03 bits per heavy atom. The molecule has 9 heteroatoms. The van der Waals surface area contributed by atoms with Crippen LogP contribution in [0.1, 0.15) is 18.2 Å². The monoisotopic (exact) mass is 419 g/mol. The number of alkyl halides is 3. The van der Waals surface area contributed by atoms with Crippen LogP contribution in [0, 0.1) is 0 Å². The van der Waals surface area contributed by atoms with Crippen molar-refractivity contribution >= 4 is 5.71 Å². The molecule has 30 heavy (non-hydrogen) atoms. The summed E-state index contributed by atoms with van der Waals surface area (Å²) in [7, 11) is 1.37. The fourth-order valence-electron chi connectivity index (χ4n) is 2.51. The van der Waals surface area contributed by atoms with E-state index < -0.39 is 11.9 Å². The van der Waals surface area contributed by atoms with Gasteiger partial charge in [-0.15, -0.1) is 0 Å². The second kappa shape index (κ2) is 9.34. The average molecular weight is 419 g/mol. The highest BCUT2D eigenvalue weighted by Crippen LogP contribution is 2.30. The lowest BCUT2D eigenvalue weighted by atomic mass is 10.1. The summed E-state index contributed by atoms with van der Waals surface area (Å²) in [4.78, 5) is 5.13. The summed E-state index contributed by atoms with van der Waals surface area (Å²) in [5.41, 5.74) is 0.0747. The van der Waals surface area contributed by atoms with E-state index in [-0.39, 0.29) is 12.5 Å². The highest BCUT2D eigenvalue weighted by Gasteiger charge is 2.35. The van der Waals surface area contributed by atoms with E-state index in [1.165, 1.54) is 7.05 Å². The Morgan fingerprint density at radius 2 is 1.70 bits per heavy atom. The zero-order valence-electron chi connectivity index (χ0n) is 16.4. The highest BCUT2D eigenvalue weighted by molar-refractivity contribution is 6.01. The number of hydrogen-bond donors (Lipinski definition) is 0. The van der Waals surface area contributed by atoms with Crippen molar-refractivity contribution < 1.29 is 27.5 Å². The maximum atomic E-state index is 12.8. The second-order valence-corrected chi connectivity index (χ2v) is 6.17. The van der Waals surface area contributed by atoms with Gasteiger partial charge in [-0.1, -0.05) is 23.4 Å². The summed E-state index contributed by atoms with van der Waals surface area (Å²) in [5, 5.41) is 7.45. The molecule has 0 bridgehead atoms. The van der Waals surface area contributed by atoms with Gasteiger partial charge in [0.25, 0.3) is 0 Å². The van der Waals surface area contributed by atoms with Gasteiger partial charge in [-0.05, 0) is 43.3 Å². The van der Waals surface area contributed by atoms with E-state index in [9.17, 15) is 13.2 Å². The first-order chi connectivity index (χ1) is 14.4. The molecule has 0 aliphatic heterocycles. The molecule has 3 aromatic rings. The number of benzene rings is 2. The summed E-state index contributed by atoms with van der Waals surface area (Å²) >= 11 is 0. The van der Waals surface area contributed by atoms with Gasteiger partial charge in [-0.2, -0.15) is 18.3 Å². The average Bonchev–Trinajstić information content (AvgIpc) is 3.11. The second-order valence-electron chi connectivity index (χ2n) is 6.17. The molecule has 1 aromatic heterocycles. The lowest BCUT2D eigenvalue weighted by Crippen LogP contribution is -2.15. The molecule has 0 unspecified atom stereocenters. The molecule has 2 aromatic carbocycles. The molecule has 0 saturated carbocycles. The summed E-state index contributed by atoms with van der Waals surface area (Å²) in [6.07, 6.45) is -4.55. The van der Waals surface area contributed by atoms with Crippen LogP contribution in [0.15, 0.2) is 65.8 Å². The Morgan fingerprint density at radius 3 is 2.30 bits per heavy atom. The number of halogens is 3. The van der Waals surface area contributed by atoms with Crippen molar-refractivity contribution in [1.29, 1.82) is 0 Å². The van der Waals surface area contributed by atoms with Crippen molar-refractivity contribution in [2.45, 2.75) is 13.1 Å². The Labute approximate surface area is 171 Å². The van der Waals surface area contributed by atoms with Crippen LogP contribution in [0.5, 0.6) is 17.4 Å². The fraction of sp³-hybridized carbons (Fsp3) is 0.238.